The number of carbonyl (C=O) groups excluding carboxylic acids is 1. The molecule has 140 valence electrons. The van der Waals surface area contributed by atoms with Crippen LogP contribution in [0, 0.1) is 28.9 Å². The number of nitrogens with one attached hydrogen (secondary N) is 3. The molecule has 4 atom stereocenters. The highest BCUT2D eigenvalue weighted by molar-refractivity contribution is 5.95. The summed E-state index contributed by atoms with van der Waals surface area (Å²) in [7, 11) is 0. The van der Waals surface area contributed by atoms with Crippen molar-refractivity contribution in [2.24, 2.45) is 5.92 Å². The van der Waals surface area contributed by atoms with Crippen molar-refractivity contribution < 1.29 is 18.0 Å². The van der Waals surface area contributed by atoms with Crippen molar-refractivity contribution in [3.8, 4) is 6.07 Å². The van der Waals surface area contributed by atoms with Gasteiger partial charge in [-0.25, -0.2) is 19.2 Å². The van der Waals surface area contributed by atoms with Gasteiger partial charge in [-0.1, -0.05) is 0 Å². The summed E-state index contributed by atoms with van der Waals surface area (Å²) in [6.07, 6.45) is 5.08. The van der Waals surface area contributed by atoms with Crippen LogP contribution in [0.25, 0.3) is 0 Å². The van der Waals surface area contributed by atoms with Crippen LogP contribution in [-0.4, -0.2) is 23.0 Å². The Labute approximate surface area is 153 Å². The van der Waals surface area contributed by atoms with Gasteiger partial charge >= 0.3 is 0 Å². The molecular formula is C18H17F2N5O2. The van der Waals surface area contributed by atoms with Crippen molar-refractivity contribution in [1.82, 2.24) is 21.2 Å². The Morgan fingerprint density at radius 1 is 1.33 bits per heavy atom. The van der Waals surface area contributed by atoms with Crippen molar-refractivity contribution in [3.63, 3.8) is 0 Å². The number of nitriles is 1. The summed E-state index contributed by atoms with van der Waals surface area (Å²) in [5.41, 5.74) is 5.34. The summed E-state index contributed by atoms with van der Waals surface area (Å²) >= 11 is 0. The fraction of sp³-hybridized carbons (Fsp3) is 0.389. The van der Waals surface area contributed by atoms with Crippen LogP contribution in [0.15, 0.2) is 29.1 Å². The van der Waals surface area contributed by atoms with Crippen LogP contribution in [0.3, 0.4) is 0 Å². The van der Waals surface area contributed by atoms with Crippen molar-refractivity contribution in [2.75, 3.05) is 0 Å². The minimum absolute atomic E-state index is 0.0902. The summed E-state index contributed by atoms with van der Waals surface area (Å²) in [4.78, 5) is 16.4. The van der Waals surface area contributed by atoms with Gasteiger partial charge in [-0.05, 0) is 31.4 Å². The fourth-order valence-electron chi connectivity index (χ4n) is 3.95. The van der Waals surface area contributed by atoms with Crippen LogP contribution < -0.4 is 16.2 Å². The molecule has 2 fully saturated rings. The van der Waals surface area contributed by atoms with Gasteiger partial charge in [0.2, 0.25) is 0 Å². The SMILES string of the molecule is N#Cc1ccc(F)c(C(=O)NC2CCC3NNC(c4cnco4)C3C2)c1F. The zero-order chi connectivity index (χ0) is 19.0. The maximum absolute atomic E-state index is 14.2. The molecule has 1 saturated heterocycles. The Morgan fingerprint density at radius 3 is 2.93 bits per heavy atom. The summed E-state index contributed by atoms with van der Waals surface area (Å²) in [5, 5.41) is 11.6. The molecule has 1 saturated carbocycles. The molecule has 9 heteroatoms. The Hall–Kier alpha value is -2.83. The molecule has 27 heavy (non-hydrogen) atoms. The predicted molar refractivity (Wildman–Crippen MR) is 89.0 cm³/mol. The Balaban J connectivity index is 1.49. The largest absolute Gasteiger partial charge is 0.447 e. The van der Waals surface area contributed by atoms with E-state index in [1.807, 2.05) is 0 Å². The van der Waals surface area contributed by atoms with E-state index in [2.05, 4.69) is 21.2 Å². The first-order valence-electron chi connectivity index (χ1n) is 8.67. The van der Waals surface area contributed by atoms with Gasteiger partial charge in [-0.2, -0.15) is 5.26 Å². The van der Waals surface area contributed by atoms with Crippen LogP contribution in [-0.2, 0) is 0 Å². The number of oxazole rings is 1. The molecule has 0 bridgehead atoms. The van der Waals surface area contributed by atoms with Gasteiger partial charge in [-0.15, -0.1) is 0 Å². The number of rotatable bonds is 3. The zero-order valence-corrected chi connectivity index (χ0v) is 14.2. The normalized spacial score (nSPS) is 27.0. The minimum atomic E-state index is -1.13. The van der Waals surface area contributed by atoms with Crippen molar-refractivity contribution in [3.05, 3.63) is 53.2 Å². The second kappa shape index (κ2) is 7.06. The molecule has 2 aromatic rings. The number of fused-ring (bicyclic) bond motifs is 1. The number of hydrogen-bond donors (Lipinski definition) is 3. The van der Waals surface area contributed by atoms with Crippen molar-refractivity contribution in [1.29, 1.82) is 5.26 Å². The minimum Gasteiger partial charge on any atom is -0.447 e. The van der Waals surface area contributed by atoms with Crippen LogP contribution in [0.5, 0.6) is 0 Å². The van der Waals surface area contributed by atoms with E-state index in [-0.39, 0.29) is 29.6 Å². The summed E-state index contributed by atoms with van der Waals surface area (Å²) in [6.45, 7) is 0. The van der Waals surface area contributed by atoms with E-state index in [4.69, 9.17) is 9.68 Å². The lowest BCUT2D eigenvalue weighted by atomic mass is 9.78. The number of carbonyl (C=O) groups is 1. The molecule has 1 amide bonds. The van der Waals surface area contributed by atoms with Gasteiger partial charge in [0.15, 0.2) is 12.2 Å². The first-order valence-corrected chi connectivity index (χ1v) is 8.67. The molecule has 2 aliphatic rings. The first kappa shape index (κ1) is 17.6. The van der Waals surface area contributed by atoms with Gasteiger partial charge in [0, 0.05) is 18.0 Å². The fourth-order valence-corrected chi connectivity index (χ4v) is 3.95. The number of benzene rings is 1. The highest BCUT2D eigenvalue weighted by atomic mass is 19.1. The molecular weight excluding hydrogens is 356 g/mol. The van der Waals surface area contributed by atoms with E-state index >= 15 is 0 Å². The second-order valence-electron chi connectivity index (χ2n) is 6.82. The number of hydrazine groups is 1. The van der Waals surface area contributed by atoms with E-state index in [0.29, 0.717) is 18.6 Å². The highest BCUT2D eigenvalue weighted by Gasteiger charge is 2.42. The van der Waals surface area contributed by atoms with Gasteiger partial charge in [0.25, 0.3) is 5.91 Å². The standard InChI is InChI=1S/C18H17F2N5O2/c19-12-3-1-9(6-21)16(20)15(12)18(26)23-10-2-4-13-11(5-10)17(25-24-13)14-7-22-8-27-14/h1,3,7-8,10-11,13,17,24-25H,2,4-5H2,(H,23,26). The lowest BCUT2D eigenvalue weighted by Gasteiger charge is -2.33. The third-order valence-corrected chi connectivity index (χ3v) is 5.28. The topological polar surface area (TPSA) is 103 Å². The molecule has 1 aliphatic heterocycles. The summed E-state index contributed by atoms with van der Waals surface area (Å²) < 4.78 is 33.6. The Morgan fingerprint density at radius 2 is 2.19 bits per heavy atom. The van der Waals surface area contributed by atoms with Crippen molar-refractivity contribution in [2.45, 2.75) is 37.4 Å². The van der Waals surface area contributed by atoms with E-state index in [1.165, 1.54) is 6.39 Å². The quantitative estimate of drug-likeness (QED) is 0.760. The van der Waals surface area contributed by atoms with E-state index in [1.54, 1.807) is 12.3 Å². The van der Waals surface area contributed by atoms with Crippen LogP contribution in [0.1, 0.15) is 47.0 Å². The number of halogens is 2. The first-order chi connectivity index (χ1) is 13.1. The average Bonchev–Trinajstić information content (AvgIpc) is 3.31. The summed E-state index contributed by atoms with van der Waals surface area (Å²) in [5.74, 6) is -2.13. The molecule has 3 N–H and O–H groups in total. The van der Waals surface area contributed by atoms with Gasteiger partial charge in [0.1, 0.15) is 23.2 Å². The molecule has 1 aliphatic carbocycles. The van der Waals surface area contributed by atoms with Gasteiger partial charge in [-0.3, -0.25) is 10.2 Å². The maximum Gasteiger partial charge on any atom is 0.257 e. The Bertz CT molecular complexity index is 896. The number of amides is 1. The lowest BCUT2D eigenvalue weighted by molar-refractivity contribution is 0.0906. The predicted octanol–water partition coefficient (Wildman–Crippen LogP) is 1.94. The lowest BCUT2D eigenvalue weighted by Crippen LogP contribution is -2.44. The summed E-state index contributed by atoms with van der Waals surface area (Å²) in [6, 6.07) is 3.45. The highest BCUT2D eigenvalue weighted by Crippen LogP contribution is 2.38. The zero-order valence-electron chi connectivity index (χ0n) is 14.2. The molecule has 0 spiro atoms. The van der Waals surface area contributed by atoms with Crippen LogP contribution in [0.2, 0.25) is 0 Å². The molecule has 4 unspecified atom stereocenters. The van der Waals surface area contributed by atoms with E-state index < -0.39 is 23.1 Å². The molecule has 1 aromatic heterocycles. The van der Waals surface area contributed by atoms with E-state index in [9.17, 15) is 13.6 Å². The average molecular weight is 373 g/mol. The number of hydrogen-bond acceptors (Lipinski definition) is 6. The monoisotopic (exact) mass is 373 g/mol. The second-order valence-corrected chi connectivity index (χ2v) is 6.82. The van der Waals surface area contributed by atoms with Crippen LogP contribution in [0.4, 0.5) is 8.78 Å². The smallest absolute Gasteiger partial charge is 0.257 e. The van der Waals surface area contributed by atoms with Gasteiger partial charge in [0.05, 0.1) is 17.8 Å². The molecule has 7 nitrogen and oxygen atoms in total. The maximum atomic E-state index is 14.2. The van der Waals surface area contributed by atoms with E-state index in [0.717, 1.165) is 18.6 Å². The number of nitrogens with zero attached hydrogens (tertiary/aromatic N) is 2. The third-order valence-electron chi connectivity index (χ3n) is 5.28. The van der Waals surface area contributed by atoms with Crippen molar-refractivity contribution >= 4 is 5.91 Å². The van der Waals surface area contributed by atoms with Gasteiger partial charge < -0.3 is 9.73 Å². The molecule has 4 rings (SSSR count). The molecule has 0 radical (unpaired) electrons. The Kier molecular flexibility index (Phi) is 4.59. The molecule has 1 aromatic carbocycles. The molecule has 2 heterocycles. The third kappa shape index (κ3) is 3.18. The number of aromatic nitrogens is 1. The van der Waals surface area contributed by atoms with Crippen LogP contribution >= 0.6 is 0 Å².